The van der Waals surface area contributed by atoms with Crippen LogP contribution in [-0.2, 0) is 17.9 Å². The third-order valence-corrected chi connectivity index (χ3v) is 4.59. The third kappa shape index (κ3) is 3.69. The second-order valence-corrected chi connectivity index (χ2v) is 7.01. The molecule has 0 unspecified atom stereocenters. The lowest BCUT2D eigenvalue weighted by atomic mass is 10.1. The van der Waals surface area contributed by atoms with E-state index in [9.17, 15) is 9.59 Å². The van der Waals surface area contributed by atoms with Gasteiger partial charge in [0.2, 0.25) is 5.91 Å². The van der Waals surface area contributed by atoms with E-state index in [1.54, 1.807) is 29.3 Å². The van der Waals surface area contributed by atoms with Crippen LogP contribution in [0.25, 0.3) is 16.6 Å². The Bertz CT molecular complexity index is 1190. The molecule has 8 heteroatoms. The van der Waals surface area contributed by atoms with Gasteiger partial charge in [-0.25, -0.2) is 9.36 Å². The average molecular weight is 391 g/mol. The van der Waals surface area contributed by atoms with Gasteiger partial charge in [0.05, 0.1) is 30.4 Å². The van der Waals surface area contributed by atoms with Gasteiger partial charge in [0.25, 0.3) is 5.56 Å². The molecular formula is C21H21N5O3. The highest BCUT2D eigenvalue weighted by molar-refractivity contribution is 5.82. The van der Waals surface area contributed by atoms with Gasteiger partial charge in [-0.05, 0) is 30.2 Å². The minimum atomic E-state index is -0.362. The van der Waals surface area contributed by atoms with E-state index in [1.165, 1.54) is 4.68 Å². The number of benzene rings is 1. The van der Waals surface area contributed by atoms with Gasteiger partial charge >= 0.3 is 0 Å². The first-order chi connectivity index (χ1) is 14.0. The molecule has 4 rings (SSSR count). The van der Waals surface area contributed by atoms with Gasteiger partial charge in [-0.3, -0.25) is 9.59 Å². The summed E-state index contributed by atoms with van der Waals surface area (Å²) in [5.74, 6) is 0.374. The van der Waals surface area contributed by atoms with Crippen molar-refractivity contribution in [2.75, 3.05) is 0 Å². The molecule has 4 aromatic rings. The third-order valence-electron chi connectivity index (χ3n) is 4.59. The molecule has 0 aliphatic rings. The number of para-hydroxylation sites is 1. The van der Waals surface area contributed by atoms with E-state index in [-0.39, 0.29) is 30.5 Å². The van der Waals surface area contributed by atoms with Gasteiger partial charge in [0, 0.05) is 5.39 Å². The van der Waals surface area contributed by atoms with E-state index >= 15 is 0 Å². The minimum Gasteiger partial charge on any atom is -0.467 e. The number of carbonyl (C=O) groups is 1. The Kier molecular flexibility index (Phi) is 4.99. The van der Waals surface area contributed by atoms with Crippen molar-refractivity contribution in [2.24, 2.45) is 0 Å². The zero-order chi connectivity index (χ0) is 20.4. The largest absolute Gasteiger partial charge is 0.467 e. The number of fused-ring (bicyclic) bond motifs is 1. The minimum absolute atomic E-state index is 0.0592. The lowest BCUT2D eigenvalue weighted by molar-refractivity contribution is -0.122. The molecule has 0 saturated heterocycles. The van der Waals surface area contributed by atoms with Crippen molar-refractivity contribution < 1.29 is 9.21 Å². The summed E-state index contributed by atoms with van der Waals surface area (Å²) in [6.45, 7) is 4.05. The summed E-state index contributed by atoms with van der Waals surface area (Å²) < 4.78 is 8.01. The van der Waals surface area contributed by atoms with Gasteiger partial charge in [0.15, 0.2) is 0 Å². The topological polar surface area (TPSA) is 94.9 Å². The summed E-state index contributed by atoms with van der Waals surface area (Å²) in [6, 6.07) is 12.9. The Labute approximate surface area is 166 Å². The van der Waals surface area contributed by atoms with Crippen molar-refractivity contribution in [1.82, 2.24) is 24.9 Å². The lowest BCUT2D eigenvalue weighted by Crippen LogP contribution is -2.34. The van der Waals surface area contributed by atoms with E-state index in [4.69, 9.17) is 4.42 Å². The second kappa shape index (κ2) is 7.75. The number of hydrogen-bond acceptors (Lipinski definition) is 5. The first-order valence-corrected chi connectivity index (χ1v) is 9.38. The van der Waals surface area contributed by atoms with Crippen LogP contribution in [-0.4, -0.2) is 25.5 Å². The maximum Gasteiger partial charge on any atom is 0.293 e. The molecule has 29 heavy (non-hydrogen) atoms. The highest BCUT2D eigenvalue weighted by Crippen LogP contribution is 2.22. The van der Waals surface area contributed by atoms with Crippen LogP contribution in [0.15, 0.2) is 64.1 Å². The van der Waals surface area contributed by atoms with Crippen molar-refractivity contribution in [3.8, 4) is 5.69 Å². The van der Waals surface area contributed by atoms with Crippen LogP contribution in [0.5, 0.6) is 0 Å². The highest BCUT2D eigenvalue weighted by atomic mass is 16.3. The van der Waals surface area contributed by atoms with Crippen LogP contribution in [0.4, 0.5) is 0 Å². The van der Waals surface area contributed by atoms with E-state index in [0.29, 0.717) is 16.7 Å². The van der Waals surface area contributed by atoms with Crippen LogP contribution in [0.2, 0.25) is 0 Å². The summed E-state index contributed by atoms with van der Waals surface area (Å²) in [4.78, 5) is 25.6. The van der Waals surface area contributed by atoms with Crippen molar-refractivity contribution in [3.05, 3.63) is 76.7 Å². The molecule has 0 fully saturated rings. The average Bonchev–Trinajstić information content (AvgIpc) is 3.39. The molecule has 3 heterocycles. The maximum atomic E-state index is 13.2. The number of furan rings is 1. The fourth-order valence-electron chi connectivity index (χ4n) is 3.18. The highest BCUT2D eigenvalue weighted by Gasteiger charge is 2.19. The van der Waals surface area contributed by atoms with E-state index in [0.717, 1.165) is 11.4 Å². The molecule has 8 nitrogen and oxygen atoms in total. The van der Waals surface area contributed by atoms with Gasteiger partial charge in [-0.15, -0.1) is 0 Å². The zero-order valence-corrected chi connectivity index (χ0v) is 16.2. The summed E-state index contributed by atoms with van der Waals surface area (Å²) in [6.07, 6.45) is 3.20. The molecular weight excluding hydrogens is 370 g/mol. The van der Waals surface area contributed by atoms with Gasteiger partial charge < -0.3 is 9.73 Å². The SMILES string of the molecule is CC(C)c1nn(CC(=O)NCc2ccco2)c(=O)c2c1cnn2-c1ccccc1. The molecule has 1 amide bonds. The Morgan fingerprint density at radius 2 is 1.97 bits per heavy atom. The second-order valence-electron chi connectivity index (χ2n) is 7.01. The van der Waals surface area contributed by atoms with E-state index < -0.39 is 0 Å². The normalized spacial score (nSPS) is 11.3. The van der Waals surface area contributed by atoms with Crippen molar-refractivity contribution in [1.29, 1.82) is 0 Å². The predicted octanol–water partition coefficient (Wildman–Crippen LogP) is 2.62. The van der Waals surface area contributed by atoms with E-state index in [2.05, 4.69) is 15.5 Å². The molecule has 0 radical (unpaired) electrons. The maximum absolute atomic E-state index is 13.2. The monoisotopic (exact) mass is 391 g/mol. The lowest BCUT2D eigenvalue weighted by Gasteiger charge is -2.12. The van der Waals surface area contributed by atoms with Crippen molar-refractivity contribution in [3.63, 3.8) is 0 Å². The summed E-state index contributed by atoms with van der Waals surface area (Å²) in [7, 11) is 0. The summed E-state index contributed by atoms with van der Waals surface area (Å²) in [5, 5.41) is 12.3. The predicted molar refractivity (Wildman–Crippen MR) is 108 cm³/mol. The molecule has 148 valence electrons. The number of aromatic nitrogens is 4. The fourth-order valence-corrected chi connectivity index (χ4v) is 3.18. The Hall–Kier alpha value is -3.68. The Balaban J connectivity index is 1.73. The molecule has 0 aliphatic carbocycles. The van der Waals surface area contributed by atoms with Crippen LogP contribution < -0.4 is 10.9 Å². The van der Waals surface area contributed by atoms with Crippen LogP contribution in [0, 0.1) is 0 Å². The van der Waals surface area contributed by atoms with Crippen molar-refractivity contribution >= 4 is 16.8 Å². The number of carbonyl (C=O) groups excluding carboxylic acids is 1. The molecule has 0 bridgehead atoms. The van der Waals surface area contributed by atoms with Gasteiger partial charge in [-0.1, -0.05) is 32.0 Å². The van der Waals surface area contributed by atoms with E-state index in [1.807, 2.05) is 44.2 Å². The molecule has 0 atom stereocenters. The molecule has 1 aromatic carbocycles. The standard InChI is InChI=1S/C21H21N5O3/c1-14(2)19-17-12-23-26(15-7-4-3-5-8-15)20(17)21(28)25(24-19)13-18(27)22-11-16-9-6-10-29-16/h3-10,12,14H,11,13H2,1-2H3,(H,22,27). The number of rotatable bonds is 6. The van der Waals surface area contributed by atoms with Crippen LogP contribution >= 0.6 is 0 Å². The molecule has 1 N–H and O–H groups in total. The summed E-state index contributed by atoms with van der Waals surface area (Å²) in [5.41, 5.74) is 1.54. The Morgan fingerprint density at radius 3 is 2.66 bits per heavy atom. The summed E-state index contributed by atoms with van der Waals surface area (Å²) >= 11 is 0. The molecule has 3 aromatic heterocycles. The molecule has 0 saturated carbocycles. The number of nitrogens with zero attached hydrogens (tertiary/aromatic N) is 4. The van der Waals surface area contributed by atoms with Crippen LogP contribution in [0.1, 0.15) is 31.2 Å². The van der Waals surface area contributed by atoms with Crippen LogP contribution in [0.3, 0.4) is 0 Å². The van der Waals surface area contributed by atoms with Gasteiger partial charge in [-0.2, -0.15) is 10.2 Å². The fraction of sp³-hybridized carbons (Fsp3) is 0.238. The smallest absolute Gasteiger partial charge is 0.293 e. The quantitative estimate of drug-likeness (QED) is 0.545. The number of nitrogens with one attached hydrogen (secondary N) is 1. The van der Waals surface area contributed by atoms with Gasteiger partial charge in [0.1, 0.15) is 17.8 Å². The first kappa shape index (κ1) is 18.7. The molecule has 0 aliphatic heterocycles. The van der Waals surface area contributed by atoms with Crippen molar-refractivity contribution in [2.45, 2.75) is 32.9 Å². The Morgan fingerprint density at radius 1 is 1.17 bits per heavy atom. The zero-order valence-electron chi connectivity index (χ0n) is 16.2. The molecule has 0 spiro atoms. The number of amides is 1. The number of hydrogen-bond donors (Lipinski definition) is 1. The first-order valence-electron chi connectivity index (χ1n) is 9.38.